The van der Waals surface area contributed by atoms with Gasteiger partial charge in [-0.3, -0.25) is 4.79 Å². The van der Waals surface area contributed by atoms with Crippen molar-refractivity contribution in [3.8, 4) is 0 Å². The molecule has 1 heterocycles. The summed E-state index contributed by atoms with van der Waals surface area (Å²) in [5, 5.41) is 3.93. The van der Waals surface area contributed by atoms with Gasteiger partial charge in [-0.25, -0.2) is 8.42 Å². The number of carbonyl (C=O) groups is 1. The zero-order valence-electron chi connectivity index (χ0n) is 12.0. The summed E-state index contributed by atoms with van der Waals surface area (Å²) in [4.78, 5) is 13.0. The Labute approximate surface area is 142 Å². The first kappa shape index (κ1) is 16.0. The number of anilines is 1. The van der Waals surface area contributed by atoms with E-state index in [0.717, 1.165) is 16.3 Å². The lowest BCUT2D eigenvalue weighted by Gasteiger charge is -2.06. The van der Waals surface area contributed by atoms with Crippen molar-refractivity contribution in [1.29, 1.82) is 0 Å². The van der Waals surface area contributed by atoms with Crippen molar-refractivity contribution in [3.63, 3.8) is 0 Å². The molecule has 0 radical (unpaired) electrons. The number of fused-ring (bicyclic) bond motifs is 1. The van der Waals surface area contributed by atoms with Crippen molar-refractivity contribution < 1.29 is 13.2 Å². The van der Waals surface area contributed by atoms with Gasteiger partial charge < -0.3 is 5.32 Å². The summed E-state index contributed by atoms with van der Waals surface area (Å²) >= 11 is 7.57. The van der Waals surface area contributed by atoms with E-state index in [2.05, 4.69) is 5.32 Å². The number of rotatable bonds is 3. The van der Waals surface area contributed by atoms with Gasteiger partial charge in [0.05, 0.1) is 9.92 Å². The minimum Gasteiger partial charge on any atom is -0.321 e. The predicted molar refractivity (Wildman–Crippen MR) is 94.3 cm³/mol. The lowest BCUT2D eigenvalue weighted by molar-refractivity contribution is 0.103. The zero-order chi connectivity index (χ0) is 16.6. The van der Waals surface area contributed by atoms with Crippen molar-refractivity contribution in [2.45, 2.75) is 4.90 Å². The lowest BCUT2D eigenvalue weighted by Crippen LogP contribution is -2.11. The van der Waals surface area contributed by atoms with Crippen molar-refractivity contribution in [3.05, 3.63) is 58.4 Å². The Morgan fingerprint density at radius 1 is 1.13 bits per heavy atom. The summed E-state index contributed by atoms with van der Waals surface area (Å²) in [7, 11) is -3.33. The molecule has 23 heavy (non-hydrogen) atoms. The number of sulfone groups is 1. The number of amides is 1. The van der Waals surface area contributed by atoms with Gasteiger partial charge in [-0.15, -0.1) is 11.3 Å². The molecule has 0 aliphatic rings. The third kappa shape index (κ3) is 3.24. The highest BCUT2D eigenvalue weighted by molar-refractivity contribution is 7.90. The molecule has 0 unspecified atom stereocenters. The molecule has 0 aliphatic carbocycles. The fourth-order valence-electron chi connectivity index (χ4n) is 2.15. The molecule has 2 aromatic carbocycles. The van der Waals surface area contributed by atoms with Crippen LogP contribution < -0.4 is 5.32 Å². The predicted octanol–water partition coefficient (Wildman–Crippen LogP) is 4.21. The van der Waals surface area contributed by atoms with Crippen LogP contribution in [0.1, 0.15) is 9.67 Å². The molecule has 1 aromatic heterocycles. The number of halogens is 1. The summed E-state index contributed by atoms with van der Waals surface area (Å²) in [6.07, 6.45) is 1.12. The highest BCUT2D eigenvalue weighted by Gasteiger charge is 2.17. The topological polar surface area (TPSA) is 63.2 Å². The first-order valence-corrected chi connectivity index (χ1v) is 9.73. The van der Waals surface area contributed by atoms with Crippen LogP contribution in [-0.2, 0) is 9.84 Å². The minimum atomic E-state index is -3.33. The average Bonchev–Trinajstić information content (AvgIpc) is 2.84. The molecule has 3 rings (SSSR count). The van der Waals surface area contributed by atoms with Gasteiger partial charge in [0.25, 0.3) is 5.91 Å². The van der Waals surface area contributed by atoms with Gasteiger partial charge in [-0.1, -0.05) is 35.9 Å². The Kier molecular flexibility index (Phi) is 4.14. The van der Waals surface area contributed by atoms with Crippen LogP contribution in [0.3, 0.4) is 0 Å². The van der Waals surface area contributed by atoms with Gasteiger partial charge in [0.2, 0.25) is 0 Å². The third-order valence-electron chi connectivity index (χ3n) is 3.26. The van der Waals surface area contributed by atoms with Gasteiger partial charge in [0.1, 0.15) is 4.88 Å². The average molecular weight is 366 g/mol. The van der Waals surface area contributed by atoms with Crippen LogP contribution in [0.25, 0.3) is 10.1 Å². The van der Waals surface area contributed by atoms with Crippen molar-refractivity contribution in [2.75, 3.05) is 11.6 Å². The molecular weight excluding hydrogens is 354 g/mol. The van der Waals surface area contributed by atoms with Crippen LogP contribution in [0.15, 0.2) is 53.4 Å². The van der Waals surface area contributed by atoms with Crippen LogP contribution >= 0.6 is 22.9 Å². The second-order valence-corrected chi connectivity index (χ2v) is 8.44. The quantitative estimate of drug-likeness (QED) is 0.756. The fourth-order valence-corrected chi connectivity index (χ4v) is 4.23. The number of carbonyl (C=O) groups excluding carboxylic acids is 1. The van der Waals surface area contributed by atoms with Crippen LogP contribution in [0, 0.1) is 0 Å². The van der Waals surface area contributed by atoms with Gasteiger partial charge in [0, 0.05) is 22.0 Å². The Bertz CT molecular complexity index is 1010. The van der Waals surface area contributed by atoms with E-state index in [-0.39, 0.29) is 10.8 Å². The van der Waals surface area contributed by atoms with E-state index in [4.69, 9.17) is 11.6 Å². The maximum absolute atomic E-state index is 12.4. The molecule has 3 aromatic rings. The molecule has 0 atom stereocenters. The Morgan fingerprint density at radius 3 is 2.57 bits per heavy atom. The molecule has 4 nitrogen and oxygen atoms in total. The molecule has 0 saturated carbocycles. The monoisotopic (exact) mass is 365 g/mol. The Balaban J connectivity index is 1.94. The lowest BCUT2D eigenvalue weighted by atomic mass is 10.2. The van der Waals surface area contributed by atoms with E-state index >= 15 is 0 Å². The minimum absolute atomic E-state index is 0.151. The molecule has 0 bridgehead atoms. The summed E-state index contributed by atoms with van der Waals surface area (Å²) in [6.45, 7) is 0. The fraction of sp³-hybridized carbons (Fsp3) is 0.0625. The zero-order valence-corrected chi connectivity index (χ0v) is 14.4. The maximum atomic E-state index is 12.4. The number of hydrogen-bond acceptors (Lipinski definition) is 4. The third-order valence-corrected chi connectivity index (χ3v) is 6.05. The van der Waals surface area contributed by atoms with Gasteiger partial charge >= 0.3 is 0 Å². The second-order valence-electron chi connectivity index (χ2n) is 5.00. The largest absolute Gasteiger partial charge is 0.321 e. The number of nitrogens with one attached hydrogen (secondary N) is 1. The van der Waals surface area contributed by atoms with Gasteiger partial charge in [-0.2, -0.15) is 0 Å². The van der Waals surface area contributed by atoms with Gasteiger partial charge in [-0.05, 0) is 24.3 Å². The van der Waals surface area contributed by atoms with Crippen molar-refractivity contribution in [1.82, 2.24) is 0 Å². The summed E-state index contributed by atoms with van der Waals surface area (Å²) in [5.41, 5.74) is 0.409. The molecule has 0 spiro atoms. The smallest absolute Gasteiger partial charge is 0.267 e. The summed E-state index contributed by atoms with van der Waals surface area (Å²) < 4.78 is 24.1. The van der Waals surface area contributed by atoms with E-state index in [0.29, 0.717) is 15.6 Å². The van der Waals surface area contributed by atoms with E-state index < -0.39 is 9.84 Å². The molecule has 0 aliphatic heterocycles. The summed E-state index contributed by atoms with van der Waals surface area (Å²) in [6, 6.07) is 13.6. The van der Waals surface area contributed by atoms with E-state index in [1.807, 2.05) is 24.3 Å². The number of benzene rings is 2. The highest BCUT2D eigenvalue weighted by atomic mass is 35.5. The van der Waals surface area contributed by atoms with Crippen molar-refractivity contribution in [2.24, 2.45) is 0 Å². The molecule has 1 N–H and O–H groups in total. The van der Waals surface area contributed by atoms with Gasteiger partial charge in [0.15, 0.2) is 9.84 Å². The molecule has 7 heteroatoms. The molecule has 1 amide bonds. The number of thiophene rings is 1. The Hall–Kier alpha value is -1.89. The van der Waals surface area contributed by atoms with Crippen LogP contribution in [0.2, 0.25) is 5.02 Å². The first-order valence-electron chi connectivity index (χ1n) is 6.65. The van der Waals surface area contributed by atoms with Crippen LogP contribution in [0.4, 0.5) is 5.69 Å². The molecule has 0 fully saturated rings. The summed E-state index contributed by atoms with van der Waals surface area (Å²) in [5.74, 6) is -0.359. The molecular formula is C16H12ClNO3S2. The van der Waals surface area contributed by atoms with Crippen molar-refractivity contribution >= 4 is 54.5 Å². The standard InChI is InChI=1S/C16H12ClNO3S2/c1-23(20,21)11-6-4-5-10(9-11)18-16(19)15-14(17)12-7-2-3-8-13(12)22-15/h2-9H,1H3,(H,18,19). The highest BCUT2D eigenvalue weighted by Crippen LogP contribution is 2.35. The van der Waals surface area contributed by atoms with E-state index in [9.17, 15) is 13.2 Å². The molecule has 0 saturated heterocycles. The van der Waals surface area contributed by atoms with Crippen LogP contribution in [-0.4, -0.2) is 20.6 Å². The SMILES string of the molecule is CS(=O)(=O)c1cccc(NC(=O)c2sc3ccccc3c2Cl)c1. The first-order chi connectivity index (χ1) is 10.9. The maximum Gasteiger partial charge on any atom is 0.267 e. The second kappa shape index (κ2) is 5.96. The molecule has 118 valence electrons. The van der Waals surface area contributed by atoms with E-state index in [1.165, 1.54) is 23.5 Å². The normalized spacial score (nSPS) is 11.6. The van der Waals surface area contributed by atoms with Crippen LogP contribution in [0.5, 0.6) is 0 Å². The number of hydrogen-bond donors (Lipinski definition) is 1. The Morgan fingerprint density at radius 2 is 1.87 bits per heavy atom. The van der Waals surface area contributed by atoms with E-state index in [1.54, 1.807) is 12.1 Å².